The van der Waals surface area contributed by atoms with Crippen LogP contribution in [0.2, 0.25) is 0 Å². The molecule has 1 saturated carbocycles. The SMILES string of the molecule is COc1ccc(NC(=O)CN(C)CC(=O)NC2(c3ccc4c(c3)OCCO4)CCCC2)cc1. The number of rotatable bonds is 8. The number of likely N-dealkylation sites (N-methyl/N-ethyl adjacent to an activating group) is 1. The van der Waals surface area contributed by atoms with Gasteiger partial charge >= 0.3 is 0 Å². The molecule has 33 heavy (non-hydrogen) atoms. The Morgan fingerprint density at radius 3 is 2.33 bits per heavy atom. The summed E-state index contributed by atoms with van der Waals surface area (Å²) in [6.45, 7) is 1.31. The number of carbonyl (C=O) groups is 2. The summed E-state index contributed by atoms with van der Waals surface area (Å²) in [7, 11) is 3.36. The number of fused-ring (bicyclic) bond motifs is 1. The number of hydrogen-bond donors (Lipinski definition) is 2. The number of nitrogens with zero attached hydrogens (tertiary/aromatic N) is 1. The predicted molar refractivity (Wildman–Crippen MR) is 125 cm³/mol. The first-order chi connectivity index (χ1) is 16.0. The molecule has 0 unspecified atom stereocenters. The van der Waals surface area contributed by atoms with Crippen LogP contribution in [0.5, 0.6) is 17.2 Å². The van der Waals surface area contributed by atoms with Gasteiger partial charge in [-0.1, -0.05) is 18.9 Å². The van der Waals surface area contributed by atoms with Gasteiger partial charge in [0.1, 0.15) is 19.0 Å². The molecule has 2 amide bonds. The van der Waals surface area contributed by atoms with E-state index in [1.807, 2.05) is 18.2 Å². The van der Waals surface area contributed by atoms with Crippen LogP contribution < -0.4 is 24.8 Å². The van der Waals surface area contributed by atoms with Crippen molar-refractivity contribution in [3.63, 3.8) is 0 Å². The zero-order chi connectivity index (χ0) is 23.3. The van der Waals surface area contributed by atoms with Gasteiger partial charge in [0.05, 0.1) is 25.7 Å². The van der Waals surface area contributed by atoms with Crippen LogP contribution in [0.4, 0.5) is 5.69 Å². The van der Waals surface area contributed by atoms with Gasteiger partial charge in [-0.3, -0.25) is 14.5 Å². The van der Waals surface area contributed by atoms with Crippen molar-refractivity contribution >= 4 is 17.5 Å². The zero-order valence-corrected chi connectivity index (χ0v) is 19.2. The standard InChI is InChI=1S/C25H31N3O5/c1-28(16-23(29)26-19-6-8-20(31-2)9-7-19)17-24(30)27-25(11-3-4-12-25)18-5-10-21-22(15-18)33-14-13-32-21/h5-10,15H,3-4,11-14,16-17H2,1-2H3,(H,26,29)(H,27,30). The minimum Gasteiger partial charge on any atom is -0.497 e. The Morgan fingerprint density at radius 1 is 0.970 bits per heavy atom. The van der Waals surface area contributed by atoms with Crippen molar-refractivity contribution in [3.05, 3.63) is 48.0 Å². The van der Waals surface area contributed by atoms with Gasteiger partial charge in [-0.15, -0.1) is 0 Å². The van der Waals surface area contributed by atoms with E-state index in [0.29, 0.717) is 18.9 Å². The average Bonchev–Trinajstić information content (AvgIpc) is 3.28. The van der Waals surface area contributed by atoms with Crippen LogP contribution in [-0.4, -0.2) is 57.2 Å². The summed E-state index contributed by atoms with van der Waals surface area (Å²) < 4.78 is 16.5. The highest BCUT2D eigenvalue weighted by atomic mass is 16.6. The van der Waals surface area contributed by atoms with Gasteiger partial charge in [0, 0.05) is 5.69 Å². The first kappa shape index (κ1) is 22.9. The van der Waals surface area contributed by atoms with E-state index in [1.54, 1.807) is 43.3 Å². The Bertz CT molecular complexity index is 986. The maximum atomic E-state index is 12.9. The van der Waals surface area contributed by atoms with Crippen LogP contribution in [0.1, 0.15) is 31.2 Å². The van der Waals surface area contributed by atoms with E-state index in [2.05, 4.69) is 10.6 Å². The summed E-state index contributed by atoms with van der Waals surface area (Å²) in [5, 5.41) is 6.10. The molecule has 0 aromatic heterocycles. The van der Waals surface area contributed by atoms with Crippen LogP contribution in [0.15, 0.2) is 42.5 Å². The Labute approximate surface area is 194 Å². The smallest absolute Gasteiger partial charge is 0.238 e. The molecular formula is C25H31N3O5. The molecule has 1 aliphatic heterocycles. The summed E-state index contributed by atoms with van der Waals surface area (Å²) in [4.78, 5) is 27.0. The minimum atomic E-state index is -0.418. The number of carbonyl (C=O) groups excluding carboxylic acids is 2. The Balaban J connectivity index is 1.34. The van der Waals surface area contributed by atoms with Gasteiger partial charge in [-0.2, -0.15) is 0 Å². The van der Waals surface area contributed by atoms with Gasteiger partial charge in [-0.05, 0) is 61.9 Å². The summed E-state index contributed by atoms with van der Waals surface area (Å²) in [5.74, 6) is 1.91. The fourth-order valence-electron chi connectivity index (χ4n) is 4.53. The first-order valence-corrected chi connectivity index (χ1v) is 11.3. The zero-order valence-electron chi connectivity index (χ0n) is 19.2. The van der Waals surface area contributed by atoms with Crippen LogP contribution in [-0.2, 0) is 15.1 Å². The summed E-state index contributed by atoms with van der Waals surface area (Å²) in [5.41, 5.74) is 1.30. The van der Waals surface area contributed by atoms with Gasteiger partial charge < -0.3 is 24.8 Å². The number of benzene rings is 2. The monoisotopic (exact) mass is 453 g/mol. The molecule has 0 radical (unpaired) electrons. The third-order valence-corrected chi connectivity index (χ3v) is 6.13. The maximum absolute atomic E-state index is 12.9. The summed E-state index contributed by atoms with van der Waals surface area (Å²) >= 11 is 0. The summed E-state index contributed by atoms with van der Waals surface area (Å²) in [6.07, 6.45) is 3.85. The van der Waals surface area contributed by atoms with E-state index in [1.165, 1.54) is 0 Å². The molecule has 0 saturated heterocycles. The number of nitrogens with one attached hydrogen (secondary N) is 2. The number of methoxy groups -OCH3 is 1. The van der Waals surface area contributed by atoms with Crippen LogP contribution in [0.3, 0.4) is 0 Å². The molecule has 0 spiro atoms. The maximum Gasteiger partial charge on any atom is 0.238 e. The van der Waals surface area contributed by atoms with Crippen molar-refractivity contribution in [1.29, 1.82) is 0 Å². The average molecular weight is 454 g/mol. The topological polar surface area (TPSA) is 89.1 Å². The van der Waals surface area contributed by atoms with Crippen molar-refractivity contribution in [2.45, 2.75) is 31.2 Å². The highest BCUT2D eigenvalue weighted by Gasteiger charge is 2.38. The van der Waals surface area contributed by atoms with E-state index in [4.69, 9.17) is 14.2 Å². The van der Waals surface area contributed by atoms with E-state index >= 15 is 0 Å². The second-order valence-corrected chi connectivity index (χ2v) is 8.64. The van der Waals surface area contributed by atoms with Crippen molar-refractivity contribution < 1.29 is 23.8 Å². The van der Waals surface area contributed by atoms with Crippen LogP contribution >= 0.6 is 0 Å². The quantitative estimate of drug-likeness (QED) is 0.639. The molecule has 8 nitrogen and oxygen atoms in total. The second-order valence-electron chi connectivity index (χ2n) is 8.64. The lowest BCUT2D eigenvalue weighted by molar-refractivity contribution is -0.124. The normalized spacial score (nSPS) is 16.3. The lowest BCUT2D eigenvalue weighted by atomic mass is 9.87. The van der Waals surface area contributed by atoms with E-state index in [9.17, 15) is 9.59 Å². The molecule has 0 atom stereocenters. The second kappa shape index (κ2) is 10.1. The number of anilines is 1. The minimum absolute atomic E-state index is 0.105. The van der Waals surface area contributed by atoms with Gasteiger partial charge in [-0.25, -0.2) is 0 Å². The third kappa shape index (κ3) is 5.57. The molecule has 176 valence electrons. The molecule has 2 aliphatic rings. The first-order valence-electron chi connectivity index (χ1n) is 11.3. The number of ether oxygens (including phenoxy) is 3. The Kier molecular flexibility index (Phi) is 7.03. The largest absolute Gasteiger partial charge is 0.497 e. The van der Waals surface area contributed by atoms with E-state index in [0.717, 1.165) is 48.5 Å². The molecule has 2 aromatic rings. The number of hydrogen-bond acceptors (Lipinski definition) is 6. The van der Waals surface area contributed by atoms with Gasteiger partial charge in [0.2, 0.25) is 11.8 Å². The lowest BCUT2D eigenvalue weighted by Gasteiger charge is -2.33. The van der Waals surface area contributed by atoms with Gasteiger partial charge in [0.25, 0.3) is 0 Å². The molecule has 8 heteroatoms. The van der Waals surface area contributed by atoms with Gasteiger partial charge in [0.15, 0.2) is 11.5 Å². The molecule has 1 fully saturated rings. The fraction of sp³-hybridized carbons (Fsp3) is 0.440. The van der Waals surface area contributed by atoms with Crippen molar-refractivity contribution in [3.8, 4) is 17.2 Å². The lowest BCUT2D eigenvalue weighted by Crippen LogP contribution is -2.48. The molecule has 1 aliphatic carbocycles. The highest BCUT2D eigenvalue weighted by molar-refractivity contribution is 5.92. The van der Waals surface area contributed by atoms with Crippen molar-refractivity contribution in [2.75, 3.05) is 45.8 Å². The highest BCUT2D eigenvalue weighted by Crippen LogP contribution is 2.42. The van der Waals surface area contributed by atoms with Crippen molar-refractivity contribution in [2.24, 2.45) is 0 Å². The third-order valence-electron chi connectivity index (χ3n) is 6.13. The van der Waals surface area contributed by atoms with Crippen molar-refractivity contribution in [1.82, 2.24) is 10.2 Å². The molecule has 2 aromatic carbocycles. The molecule has 4 rings (SSSR count). The molecule has 2 N–H and O–H groups in total. The van der Waals surface area contributed by atoms with E-state index < -0.39 is 5.54 Å². The Morgan fingerprint density at radius 2 is 1.64 bits per heavy atom. The molecular weight excluding hydrogens is 422 g/mol. The number of amides is 2. The molecule has 0 bridgehead atoms. The van der Waals surface area contributed by atoms with Crippen LogP contribution in [0.25, 0.3) is 0 Å². The summed E-state index contributed by atoms with van der Waals surface area (Å²) in [6, 6.07) is 13.1. The van der Waals surface area contributed by atoms with Crippen LogP contribution in [0, 0.1) is 0 Å². The Hall–Kier alpha value is -3.26. The van der Waals surface area contributed by atoms with E-state index in [-0.39, 0.29) is 24.9 Å². The molecule has 1 heterocycles. The predicted octanol–water partition coefficient (Wildman–Crippen LogP) is 2.92. The fourth-order valence-corrected chi connectivity index (χ4v) is 4.53.